The molecule has 0 aromatic carbocycles. The fourth-order valence-corrected chi connectivity index (χ4v) is 5.09. The Morgan fingerprint density at radius 1 is 0.805 bits per heavy atom. The first-order chi connectivity index (χ1) is 19.8. The van der Waals surface area contributed by atoms with Crippen LogP contribution in [0.4, 0.5) is 0 Å². The summed E-state index contributed by atoms with van der Waals surface area (Å²) < 4.78 is 11.0. The Labute approximate surface area is 248 Å². The summed E-state index contributed by atoms with van der Waals surface area (Å²) in [5, 5.41) is 53.4. The van der Waals surface area contributed by atoms with Crippen LogP contribution in [-0.4, -0.2) is 87.5 Å². The molecular formula is C32H61NO8. The average Bonchev–Trinajstić information content (AvgIpc) is 2.97. The molecule has 2 unspecified atom stereocenters. The summed E-state index contributed by atoms with van der Waals surface area (Å²) in [6, 6.07) is -0.793. The van der Waals surface area contributed by atoms with E-state index in [1.54, 1.807) is 6.08 Å². The van der Waals surface area contributed by atoms with E-state index in [9.17, 15) is 30.3 Å². The summed E-state index contributed by atoms with van der Waals surface area (Å²) in [4.78, 5) is 12.6. The van der Waals surface area contributed by atoms with Crippen LogP contribution < -0.4 is 5.32 Å². The van der Waals surface area contributed by atoms with E-state index in [1.165, 1.54) is 57.8 Å². The molecule has 0 bridgehead atoms. The molecule has 1 aliphatic heterocycles. The number of hydrogen-bond donors (Lipinski definition) is 6. The van der Waals surface area contributed by atoms with E-state index >= 15 is 0 Å². The van der Waals surface area contributed by atoms with Crippen LogP contribution in [0.2, 0.25) is 0 Å². The number of allylic oxidation sites excluding steroid dienone is 1. The molecule has 1 heterocycles. The van der Waals surface area contributed by atoms with Crippen LogP contribution >= 0.6 is 0 Å². The summed E-state index contributed by atoms with van der Waals surface area (Å²) in [6.07, 6.45) is 15.8. The second-order valence-electron chi connectivity index (χ2n) is 11.6. The lowest BCUT2D eigenvalue weighted by atomic mass is 9.99. The van der Waals surface area contributed by atoms with E-state index in [0.29, 0.717) is 6.42 Å². The maximum Gasteiger partial charge on any atom is 0.220 e. The number of rotatable bonds is 25. The molecule has 9 nitrogen and oxygen atoms in total. The third kappa shape index (κ3) is 17.0. The summed E-state index contributed by atoms with van der Waals surface area (Å²) in [6.45, 7) is 3.63. The molecule has 1 saturated heterocycles. The summed E-state index contributed by atoms with van der Waals surface area (Å²) >= 11 is 0. The molecule has 1 fully saturated rings. The van der Waals surface area contributed by atoms with E-state index < -0.39 is 49.5 Å². The van der Waals surface area contributed by atoms with Crippen LogP contribution in [0, 0.1) is 0 Å². The van der Waals surface area contributed by atoms with Crippen molar-refractivity contribution in [1.29, 1.82) is 0 Å². The minimum Gasteiger partial charge on any atom is -0.394 e. The van der Waals surface area contributed by atoms with Gasteiger partial charge in [0, 0.05) is 6.42 Å². The van der Waals surface area contributed by atoms with Crippen molar-refractivity contribution in [3.05, 3.63) is 12.2 Å². The highest BCUT2D eigenvalue weighted by Gasteiger charge is 2.44. The molecule has 9 heteroatoms. The van der Waals surface area contributed by atoms with Crippen molar-refractivity contribution in [3.8, 4) is 0 Å². The van der Waals surface area contributed by atoms with Gasteiger partial charge >= 0.3 is 0 Å². The van der Waals surface area contributed by atoms with Gasteiger partial charge in [-0.1, -0.05) is 116 Å². The van der Waals surface area contributed by atoms with Crippen molar-refractivity contribution >= 4 is 5.91 Å². The highest BCUT2D eigenvalue weighted by atomic mass is 16.7. The molecule has 1 amide bonds. The minimum absolute atomic E-state index is 0.186. The molecule has 0 spiro atoms. The average molecular weight is 588 g/mol. The Balaban J connectivity index is 2.50. The number of nitrogens with one attached hydrogen (secondary N) is 1. The first kappa shape index (κ1) is 38.0. The summed E-state index contributed by atoms with van der Waals surface area (Å²) in [5.74, 6) is -0.193. The molecule has 242 valence electrons. The van der Waals surface area contributed by atoms with Gasteiger partial charge in [0.25, 0.3) is 0 Å². The summed E-state index contributed by atoms with van der Waals surface area (Å²) in [5.41, 5.74) is 0. The zero-order chi connectivity index (χ0) is 30.3. The van der Waals surface area contributed by atoms with Gasteiger partial charge < -0.3 is 40.3 Å². The first-order valence-electron chi connectivity index (χ1n) is 16.4. The predicted molar refractivity (Wildman–Crippen MR) is 161 cm³/mol. The number of carbonyl (C=O) groups is 1. The van der Waals surface area contributed by atoms with Gasteiger partial charge in [0.1, 0.15) is 24.4 Å². The van der Waals surface area contributed by atoms with Gasteiger partial charge in [-0.05, 0) is 19.3 Å². The summed E-state index contributed by atoms with van der Waals surface area (Å²) in [7, 11) is 0. The number of carbonyl (C=O) groups excluding carboxylic acids is 1. The van der Waals surface area contributed by atoms with Crippen LogP contribution in [0.5, 0.6) is 0 Å². The predicted octanol–water partition coefficient (Wildman–Crippen LogP) is 4.27. The maximum atomic E-state index is 12.6. The lowest BCUT2D eigenvalue weighted by Gasteiger charge is -2.40. The number of ether oxygens (including phenoxy) is 2. The molecule has 0 aromatic heterocycles. The van der Waals surface area contributed by atoms with Gasteiger partial charge in [0.15, 0.2) is 6.29 Å². The normalized spacial score (nSPS) is 24.5. The van der Waals surface area contributed by atoms with Crippen LogP contribution in [0.15, 0.2) is 12.2 Å². The first-order valence-corrected chi connectivity index (χ1v) is 16.4. The Morgan fingerprint density at radius 3 is 1.90 bits per heavy atom. The van der Waals surface area contributed by atoms with Gasteiger partial charge in [-0.25, -0.2) is 0 Å². The SMILES string of the molecule is CCCCCCCCCCCCC/C=C/[C@@H](O)[C@H](CO[C@@H]1OC(CO)[C@@H](O)C(O)[C@@H]1O)NC(=O)CCCCCCC. The third-order valence-electron chi connectivity index (χ3n) is 7.86. The highest BCUT2D eigenvalue weighted by molar-refractivity contribution is 5.76. The molecule has 1 rings (SSSR count). The van der Waals surface area contributed by atoms with E-state index in [0.717, 1.165) is 51.4 Å². The van der Waals surface area contributed by atoms with Crippen molar-refractivity contribution in [2.45, 2.75) is 172 Å². The lowest BCUT2D eigenvalue weighted by molar-refractivity contribution is -0.302. The number of unbranched alkanes of at least 4 members (excludes halogenated alkanes) is 15. The zero-order valence-corrected chi connectivity index (χ0v) is 25.8. The van der Waals surface area contributed by atoms with Crippen LogP contribution in [0.3, 0.4) is 0 Å². The topological polar surface area (TPSA) is 149 Å². The number of aliphatic hydroxyl groups is 5. The quantitative estimate of drug-likeness (QED) is 0.0685. The van der Waals surface area contributed by atoms with Crippen LogP contribution in [0.1, 0.15) is 129 Å². The largest absolute Gasteiger partial charge is 0.394 e. The van der Waals surface area contributed by atoms with Gasteiger partial charge in [0.05, 0.1) is 25.4 Å². The van der Waals surface area contributed by atoms with Gasteiger partial charge in [-0.2, -0.15) is 0 Å². The van der Waals surface area contributed by atoms with Crippen molar-refractivity contribution in [2.24, 2.45) is 0 Å². The van der Waals surface area contributed by atoms with Gasteiger partial charge in [0.2, 0.25) is 5.91 Å². The number of aliphatic hydroxyl groups excluding tert-OH is 5. The van der Waals surface area contributed by atoms with Crippen molar-refractivity contribution in [2.75, 3.05) is 13.2 Å². The van der Waals surface area contributed by atoms with E-state index in [-0.39, 0.29) is 12.5 Å². The molecule has 0 aromatic rings. The van der Waals surface area contributed by atoms with E-state index in [4.69, 9.17) is 9.47 Å². The Bertz CT molecular complexity index is 662. The van der Waals surface area contributed by atoms with Crippen molar-refractivity contribution in [1.82, 2.24) is 5.32 Å². The smallest absolute Gasteiger partial charge is 0.220 e. The molecule has 0 aliphatic carbocycles. The maximum absolute atomic E-state index is 12.6. The fourth-order valence-electron chi connectivity index (χ4n) is 5.09. The Hall–Kier alpha value is -1.07. The molecule has 7 atom stereocenters. The van der Waals surface area contributed by atoms with Crippen molar-refractivity contribution in [3.63, 3.8) is 0 Å². The molecule has 0 saturated carbocycles. The molecule has 1 aliphatic rings. The van der Waals surface area contributed by atoms with Gasteiger partial charge in [-0.3, -0.25) is 4.79 Å². The molecule has 6 N–H and O–H groups in total. The number of hydrogen-bond acceptors (Lipinski definition) is 8. The minimum atomic E-state index is -1.56. The Morgan fingerprint density at radius 2 is 1.34 bits per heavy atom. The molecule has 0 radical (unpaired) electrons. The third-order valence-corrected chi connectivity index (χ3v) is 7.86. The van der Waals surface area contributed by atoms with Crippen LogP contribution in [0.25, 0.3) is 0 Å². The van der Waals surface area contributed by atoms with Crippen molar-refractivity contribution < 1.29 is 39.8 Å². The zero-order valence-electron chi connectivity index (χ0n) is 25.8. The standard InChI is InChI=1S/C32H61NO8/c1-3-5-7-9-10-11-12-13-14-15-16-18-19-21-26(35)25(33-28(36)22-20-17-8-6-4-2)24-40-32-31(39)30(38)29(37)27(23-34)41-32/h19,21,25-27,29-32,34-35,37-39H,3-18,20,22-24H2,1-2H3,(H,33,36)/b21-19+/t25-,26+,27?,29+,30?,31-,32+/m0/s1. The van der Waals surface area contributed by atoms with Gasteiger partial charge in [-0.15, -0.1) is 0 Å². The number of amides is 1. The second-order valence-corrected chi connectivity index (χ2v) is 11.6. The fraction of sp³-hybridized carbons (Fsp3) is 0.906. The highest BCUT2D eigenvalue weighted by Crippen LogP contribution is 2.22. The van der Waals surface area contributed by atoms with E-state index in [2.05, 4.69) is 19.2 Å². The van der Waals surface area contributed by atoms with Crippen LogP contribution in [-0.2, 0) is 14.3 Å². The molecular weight excluding hydrogens is 526 g/mol. The lowest BCUT2D eigenvalue weighted by Crippen LogP contribution is -2.60. The molecule has 41 heavy (non-hydrogen) atoms. The Kier molecular flexibility index (Phi) is 22.6. The second kappa shape index (κ2) is 24.4. The van der Waals surface area contributed by atoms with E-state index in [1.807, 2.05) is 6.08 Å². The monoisotopic (exact) mass is 587 g/mol.